The zero-order valence-corrected chi connectivity index (χ0v) is 12.5. The lowest BCUT2D eigenvalue weighted by Crippen LogP contribution is -2.28. The van der Waals surface area contributed by atoms with Gasteiger partial charge in [0.1, 0.15) is 5.75 Å². The number of nitrogens with two attached hydrogens (primary N) is 1. The minimum absolute atomic E-state index is 0.0422. The van der Waals surface area contributed by atoms with Gasteiger partial charge in [0.2, 0.25) is 0 Å². The van der Waals surface area contributed by atoms with E-state index in [2.05, 4.69) is 15.9 Å². The molecular weight excluding hydrogens is 296 g/mol. The van der Waals surface area contributed by atoms with Crippen molar-refractivity contribution in [1.29, 1.82) is 0 Å². The molecule has 2 N–H and O–H groups in total. The van der Waals surface area contributed by atoms with E-state index in [1.165, 1.54) is 4.90 Å². The highest BCUT2D eigenvalue weighted by atomic mass is 79.9. The zero-order chi connectivity index (χ0) is 13.7. The maximum Gasteiger partial charge on any atom is 0.259 e. The molecule has 0 aromatic heterocycles. The number of hydrogen-bond donors (Lipinski definition) is 1. The second-order valence-corrected chi connectivity index (χ2v) is 5.43. The van der Waals surface area contributed by atoms with E-state index in [0.717, 1.165) is 10.0 Å². The number of nitrogens with zero attached hydrogens (tertiary/aromatic N) is 1. The van der Waals surface area contributed by atoms with Crippen molar-refractivity contribution in [3.8, 4) is 5.75 Å². The number of rotatable bonds is 5. The lowest BCUT2D eigenvalue weighted by atomic mass is 10.1. The van der Waals surface area contributed by atoms with Crippen molar-refractivity contribution in [3.63, 3.8) is 0 Å². The summed E-state index contributed by atoms with van der Waals surface area (Å²) in [4.78, 5) is 13.0. The quantitative estimate of drug-likeness (QED) is 0.901. The van der Waals surface area contributed by atoms with Crippen LogP contribution in [0.3, 0.4) is 0 Å². The SMILES string of the molecule is CC(N)Cc1cc(Br)ccc1OCC(=O)N(C)C. The molecule has 100 valence electrons. The van der Waals surface area contributed by atoms with Crippen molar-refractivity contribution < 1.29 is 9.53 Å². The van der Waals surface area contributed by atoms with Gasteiger partial charge in [-0.3, -0.25) is 4.79 Å². The Hall–Kier alpha value is -1.07. The van der Waals surface area contributed by atoms with Crippen LogP contribution < -0.4 is 10.5 Å². The summed E-state index contributed by atoms with van der Waals surface area (Å²) in [6, 6.07) is 5.76. The lowest BCUT2D eigenvalue weighted by Gasteiger charge is -2.15. The van der Waals surface area contributed by atoms with Crippen LogP contribution in [0.4, 0.5) is 0 Å². The molecule has 0 radical (unpaired) electrons. The van der Waals surface area contributed by atoms with Crippen molar-refractivity contribution in [3.05, 3.63) is 28.2 Å². The van der Waals surface area contributed by atoms with E-state index in [0.29, 0.717) is 12.2 Å². The molecule has 1 amide bonds. The molecule has 0 bridgehead atoms. The Bertz CT molecular complexity index is 419. The first-order valence-electron chi connectivity index (χ1n) is 5.77. The molecule has 0 aliphatic heterocycles. The van der Waals surface area contributed by atoms with Crippen LogP contribution in [0.15, 0.2) is 22.7 Å². The Labute approximate surface area is 116 Å². The fourth-order valence-electron chi connectivity index (χ4n) is 1.46. The normalized spacial score (nSPS) is 12.1. The van der Waals surface area contributed by atoms with E-state index in [1.807, 2.05) is 25.1 Å². The highest BCUT2D eigenvalue weighted by Crippen LogP contribution is 2.24. The summed E-state index contributed by atoms with van der Waals surface area (Å²) >= 11 is 3.42. The van der Waals surface area contributed by atoms with Crippen molar-refractivity contribution in [2.24, 2.45) is 5.73 Å². The maximum atomic E-state index is 11.5. The largest absolute Gasteiger partial charge is 0.483 e. The highest BCUT2D eigenvalue weighted by molar-refractivity contribution is 9.10. The Kier molecular flexibility index (Phi) is 5.62. The molecule has 5 heteroatoms. The van der Waals surface area contributed by atoms with Gasteiger partial charge in [0.05, 0.1) is 0 Å². The molecule has 0 fully saturated rings. The molecule has 1 aromatic carbocycles. The zero-order valence-electron chi connectivity index (χ0n) is 10.9. The molecule has 0 aliphatic carbocycles. The van der Waals surface area contributed by atoms with Crippen molar-refractivity contribution >= 4 is 21.8 Å². The first-order valence-corrected chi connectivity index (χ1v) is 6.56. The number of carbonyl (C=O) groups is 1. The van der Waals surface area contributed by atoms with Gasteiger partial charge in [0.25, 0.3) is 5.91 Å². The molecule has 1 atom stereocenters. The molecule has 1 unspecified atom stereocenters. The van der Waals surface area contributed by atoms with Gasteiger partial charge < -0.3 is 15.4 Å². The van der Waals surface area contributed by atoms with Crippen LogP contribution in [0.2, 0.25) is 0 Å². The van der Waals surface area contributed by atoms with Gasteiger partial charge in [-0.15, -0.1) is 0 Å². The van der Waals surface area contributed by atoms with Gasteiger partial charge in [0.15, 0.2) is 6.61 Å². The van der Waals surface area contributed by atoms with Crippen LogP contribution >= 0.6 is 15.9 Å². The number of ether oxygens (including phenoxy) is 1. The van der Waals surface area contributed by atoms with Gasteiger partial charge in [-0.05, 0) is 37.1 Å². The van der Waals surface area contributed by atoms with Crippen molar-refractivity contribution in [1.82, 2.24) is 4.90 Å². The van der Waals surface area contributed by atoms with Crippen LogP contribution in [0.25, 0.3) is 0 Å². The molecule has 0 aliphatic rings. The second kappa shape index (κ2) is 6.75. The molecule has 0 saturated carbocycles. The smallest absolute Gasteiger partial charge is 0.259 e. The van der Waals surface area contributed by atoms with Gasteiger partial charge in [-0.2, -0.15) is 0 Å². The summed E-state index contributed by atoms with van der Waals surface area (Å²) in [5.41, 5.74) is 6.81. The Morgan fingerprint density at radius 2 is 2.17 bits per heavy atom. The minimum Gasteiger partial charge on any atom is -0.483 e. The summed E-state index contributed by atoms with van der Waals surface area (Å²) in [7, 11) is 3.41. The van der Waals surface area contributed by atoms with Crippen molar-refractivity contribution in [2.45, 2.75) is 19.4 Å². The Balaban J connectivity index is 2.78. The van der Waals surface area contributed by atoms with E-state index in [1.54, 1.807) is 14.1 Å². The summed E-state index contributed by atoms with van der Waals surface area (Å²) in [5, 5.41) is 0. The van der Waals surface area contributed by atoms with Crippen LogP contribution in [-0.4, -0.2) is 37.6 Å². The molecule has 4 nitrogen and oxygen atoms in total. The monoisotopic (exact) mass is 314 g/mol. The fourth-order valence-corrected chi connectivity index (χ4v) is 1.87. The third-order valence-corrected chi connectivity index (χ3v) is 2.91. The summed E-state index contributed by atoms with van der Waals surface area (Å²) < 4.78 is 6.52. The molecule has 18 heavy (non-hydrogen) atoms. The molecular formula is C13H19BrN2O2. The highest BCUT2D eigenvalue weighted by Gasteiger charge is 2.10. The van der Waals surface area contributed by atoms with Gasteiger partial charge in [-0.1, -0.05) is 15.9 Å². The van der Waals surface area contributed by atoms with Gasteiger partial charge in [0, 0.05) is 24.6 Å². The second-order valence-electron chi connectivity index (χ2n) is 4.51. The third-order valence-electron chi connectivity index (χ3n) is 2.41. The average Bonchev–Trinajstić information content (AvgIpc) is 2.26. The average molecular weight is 315 g/mol. The van der Waals surface area contributed by atoms with E-state index >= 15 is 0 Å². The lowest BCUT2D eigenvalue weighted by molar-refractivity contribution is -0.130. The third kappa shape index (κ3) is 4.66. The van der Waals surface area contributed by atoms with Crippen molar-refractivity contribution in [2.75, 3.05) is 20.7 Å². The predicted octanol–water partition coefficient (Wildman–Crippen LogP) is 1.81. The van der Waals surface area contributed by atoms with E-state index in [-0.39, 0.29) is 18.6 Å². The standard InChI is InChI=1S/C13H19BrN2O2/c1-9(15)6-10-7-11(14)4-5-12(10)18-8-13(17)16(2)3/h4-5,7,9H,6,8,15H2,1-3H3. The first kappa shape index (κ1) is 15.0. The number of halogens is 1. The predicted molar refractivity (Wildman–Crippen MR) is 75.7 cm³/mol. The van der Waals surface area contributed by atoms with Crippen LogP contribution in [0, 0.1) is 0 Å². The topological polar surface area (TPSA) is 55.6 Å². The molecule has 0 spiro atoms. The van der Waals surface area contributed by atoms with E-state index in [4.69, 9.17) is 10.5 Å². The molecule has 1 rings (SSSR count). The van der Waals surface area contributed by atoms with E-state index in [9.17, 15) is 4.79 Å². The number of likely N-dealkylation sites (N-methyl/N-ethyl adjacent to an activating group) is 1. The number of amides is 1. The van der Waals surface area contributed by atoms with Gasteiger partial charge in [-0.25, -0.2) is 0 Å². The van der Waals surface area contributed by atoms with Crippen LogP contribution in [0.1, 0.15) is 12.5 Å². The number of carbonyl (C=O) groups excluding carboxylic acids is 1. The molecule has 0 heterocycles. The summed E-state index contributed by atoms with van der Waals surface area (Å²) in [6.07, 6.45) is 0.713. The summed E-state index contributed by atoms with van der Waals surface area (Å²) in [6.45, 7) is 1.98. The Morgan fingerprint density at radius 3 is 2.72 bits per heavy atom. The van der Waals surface area contributed by atoms with E-state index < -0.39 is 0 Å². The first-order chi connectivity index (χ1) is 8.40. The van der Waals surface area contributed by atoms with Gasteiger partial charge >= 0.3 is 0 Å². The van der Waals surface area contributed by atoms with Crippen LogP contribution in [-0.2, 0) is 11.2 Å². The summed E-state index contributed by atoms with van der Waals surface area (Å²) in [5.74, 6) is 0.648. The maximum absolute atomic E-state index is 11.5. The molecule has 0 saturated heterocycles. The number of benzene rings is 1. The van der Waals surface area contributed by atoms with Crippen LogP contribution in [0.5, 0.6) is 5.75 Å². The minimum atomic E-state index is -0.0651. The fraction of sp³-hybridized carbons (Fsp3) is 0.462. The number of hydrogen-bond acceptors (Lipinski definition) is 3. The molecule has 1 aromatic rings. The Morgan fingerprint density at radius 1 is 1.50 bits per heavy atom.